The molecule has 0 radical (unpaired) electrons. The molecule has 2 amide bonds. The summed E-state index contributed by atoms with van der Waals surface area (Å²) in [6.45, 7) is 2.92. The van der Waals surface area contributed by atoms with Crippen molar-refractivity contribution in [3.63, 3.8) is 0 Å². The Bertz CT molecular complexity index is 2950. The average molecular weight is 983 g/mol. The van der Waals surface area contributed by atoms with Gasteiger partial charge in [-0.1, -0.05) is 96.9 Å². The Kier molecular flexibility index (Phi) is 16.6. The van der Waals surface area contributed by atoms with E-state index in [4.69, 9.17) is 49.3 Å². The van der Waals surface area contributed by atoms with Gasteiger partial charge in [-0.15, -0.1) is 0 Å². The first-order chi connectivity index (χ1) is 31.6. The number of carbonyl (C=O) groups is 2. The average Bonchev–Trinajstić information content (AvgIpc) is 3.50. The van der Waals surface area contributed by atoms with Crippen LogP contribution in [0.5, 0.6) is 17.5 Å². The SMILES string of the molecule is CCOc1c(O)n(C(C(=O)Nc2cc(S(=O)(=O)NC)ccc2OC)c2nc3c(NC(C)=O)cccc3c(=O)n2CCCCCCCCc2c(Cl)cc(Cl)cc2Cl)c(=O)n1Cc1ccccc1. The smallest absolute Gasteiger partial charge is 0.335 e. The number of aromatic hydroxyl groups is 1. The number of anilines is 2. The van der Waals surface area contributed by atoms with Crippen LogP contribution in [-0.4, -0.2) is 64.8 Å². The number of unbranched alkanes of at least 4 members (excludes halogenated alkanes) is 5. The lowest BCUT2D eigenvalue weighted by Gasteiger charge is -2.23. The number of halogens is 3. The number of amides is 2. The number of hydrogen-bond acceptors (Lipinski definition) is 10. The summed E-state index contributed by atoms with van der Waals surface area (Å²) in [5.74, 6) is -2.68. The first-order valence-corrected chi connectivity index (χ1v) is 23.8. The minimum atomic E-state index is -4.03. The van der Waals surface area contributed by atoms with Crippen molar-refractivity contribution in [2.45, 2.75) is 82.8 Å². The number of sulfonamides is 1. The van der Waals surface area contributed by atoms with Gasteiger partial charge in [0.25, 0.3) is 23.2 Å². The number of benzene rings is 4. The number of hydrogen-bond donors (Lipinski definition) is 4. The highest BCUT2D eigenvalue weighted by molar-refractivity contribution is 7.89. The molecular formula is C46H50Cl3N7O9S. The molecule has 1 atom stereocenters. The van der Waals surface area contributed by atoms with Crippen molar-refractivity contribution in [1.29, 1.82) is 0 Å². The summed E-state index contributed by atoms with van der Waals surface area (Å²) in [5.41, 5.74) is 0.0908. The molecule has 0 saturated carbocycles. The lowest BCUT2D eigenvalue weighted by Crippen LogP contribution is -2.39. The molecule has 2 heterocycles. The molecule has 1 unspecified atom stereocenters. The van der Waals surface area contributed by atoms with Crippen LogP contribution in [0, 0.1) is 0 Å². The first kappa shape index (κ1) is 49.6. The maximum Gasteiger partial charge on any atom is 0.335 e. The molecule has 0 spiro atoms. The fraction of sp³-hybridized carbons (Fsp3) is 0.326. The zero-order valence-electron chi connectivity index (χ0n) is 36.7. The Labute approximate surface area is 396 Å². The molecule has 6 rings (SSSR count). The zero-order chi connectivity index (χ0) is 47.7. The van der Waals surface area contributed by atoms with Crippen molar-refractivity contribution in [3.8, 4) is 17.5 Å². The second kappa shape index (κ2) is 22.1. The maximum absolute atomic E-state index is 15.2. The largest absolute Gasteiger partial charge is 0.495 e. The summed E-state index contributed by atoms with van der Waals surface area (Å²) in [4.78, 5) is 61.8. The molecule has 0 fully saturated rings. The molecular weight excluding hydrogens is 933 g/mol. The normalized spacial score (nSPS) is 12.0. The van der Waals surface area contributed by atoms with Crippen molar-refractivity contribution in [1.82, 2.24) is 23.4 Å². The molecule has 0 aliphatic carbocycles. The standard InChI is InChI=1S/C46H50Cl3N7O9S/c1-5-65-45-44(60)56(46(61)55(45)27-29-16-11-10-12-17-29)40(42(58)52-37-26-31(66(62,63)50-3)21-22-38(37)64-4)41-53-39-33(19-15-20-36(39)51-28(2)57)43(59)54(41)23-14-9-7-6-8-13-18-32-34(48)24-30(47)25-35(32)49/h10-12,15-17,19-22,24-26,40,50,60H,5-9,13-14,18,23,27H2,1-4H3,(H,51,57)(H,52,58). The number of aromatic nitrogens is 4. The van der Waals surface area contributed by atoms with Crippen molar-refractivity contribution in [3.05, 3.63) is 132 Å². The van der Waals surface area contributed by atoms with Gasteiger partial charge >= 0.3 is 5.69 Å². The summed E-state index contributed by atoms with van der Waals surface area (Å²) >= 11 is 18.9. The fourth-order valence-corrected chi connectivity index (χ4v) is 9.40. The number of nitrogens with zero attached hydrogens (tertiary/aromatic N) is 4. The molecule has 66 heavy (non-hydrogen) atoms. The van der Waals surface area contributed by atoms with Gasteiger partial charge in [0.05, 0.1) is 41.9 Å². The monoisotopic (exact) mass is 981 g/mol. The highest BCUT2D eigenvalue weighted by Gasteiger charge is 2.37. The molecule has 0 aliphatic rings. The molecule has 20 heteroatoms. The lowest BCUT2D eigenvalue weighted by atomic mass is 10.0. The van der Waals surface area contributed by atoms with E-state index in [9.17, 15) is 27.9 Å². The van der Waals surface area contributed by atoms with E-state index in [2.05, 4.69) is 15.4 Å². The van der Waals surface area contributed by atoms with Crippen LogP contribution in [0.2, 0.25) is 15.1 Å². The molecule has 4 N–H and O–H groups in total. The maximum atomic E-state index is 15.2. The Balaban J connectivity index is 1.46. The van der Waals surface area contributed by atoms with Crippen LogP contribution in [0.1, 0.15) is 75.4 Å². The van der Waals surface area contributed by atoms with Gasteiger partial charge in [0.1, 0.15) is 17.1 Å². The fourth-order valence-electron chi connectivity index (χ4n) is 7.64. The van der Waals surface area contributed by atoms with E-state index in [1.807, 2.05) is 0 Å². The number of methoxy groups -OCH3 is 1. The lowest BCUT2D eigenvalue weighted by molar-refractivity contribution is -0.118. The third-order valence-corrected chi connectivity index (χ3v) is 13.1. The Morgan fingerprint density at radius 2 is 1.53 bits per heavy atom. The number of carbonyl (C=O) groups excluding carboxylic acids is 2. The van der Waals surface area contributed by atoms with Crippen LogP contribution in [0.25, 0.3) is 10.9 Å². The van der Waals surface area contributed by atoms with Gasteiger partial charge in [0.2, 0.25) is 15.9 Å². The summed E-state index contributed by atoms with van der Waals surface area (Å²) < 4.78 is 42.6. The predicted molar refractivity (Wildman–Crippen MR) is 256 cm³/mol. The summed E-state index contributed by atoms with van der Waals surface area (Å²) in [6.07, 6.45) is 5.11. The summed E-state index contributed by atoms with van der Waals surface area (Å²) in [5, 5.41) is 19.0. The van der Waals surface area contributed by atoms with Crippen molar-refractivity contribution in [2.24, 2.45) is 0 Å². The molecule has 350 valence electrons. The van der Waals surface area contributed by atoms with Crippen LogP contribution >= 0.6 is 34.8 Å². The van der Waals surface area contributed by atoms with E-state index in [0.717, 1.165) is 40.4 Å². The third kappa shape index (κ3) is 11.2. The van der Waals surface area contributed by atoms with Gasteiger partial charge < -0.3 is 25.2 Å². The van der Waals surface area contributed by atoms with Crippen LogP contribution < -0.4 is 36.1 Å². The van der Waals surface area contributed by atoms with Gasteiger partial charge in [-0.25, -0.2) is 27.5 Å². The van der Waals surface area contributed by atoms with Gasteiger partial charge in [-0.05, 0) is 86.8 Å². The number of fused-ring (bicyclic) bond motifs is 1. The van der Waals surface area contributed by atoms with E-state index in [1.165, 1.54) is 49.9 Å². The minimum absolute atomic E-state index is 0.0172. The second-order valence-corrected chi connectivity index (χ2v) is 18.4. The second-order valence-electron chi connectivity index (χ2n) is 15.3. The van der Waals surface area contributed by atoms with Crippen molar-refractivity contribution in [2.75, 3.05) is 31.4 Å². The minimum Gasteiger partial charge on any atom is -0.495 e. The number of imidazole rings is 1. The van der Waals surface area contributed by atoms with E-state index < -0.39 is 45.0 Å². The summed E-state index contributed by atoms with van der Waals surface area (Å²) in [7, 11) is -1.48. The van der Waals surface area contributed by atoms with Gasteiger partial charge in [-0.3, -0.25) is 23.5 Å². The Hall–Kier alpha value is -5.85. The topological polar surface area (TPSA) is 205 Å². The van der Waals surface area contributed by atoms with Gasteiger partial charge in [0.15, 0.2) is 6.04 Å². The van der Waals surface area contributed by atoms with E-state index in [0.29, 0.717) is 39.9 Å². The number of ether oxygens (including phenoxy) is 2. The van der Waals surface area contributed by atoms with Crippen LogP contribution in [0.15, 0.2) is 93.3 Å². The van der Waals surface area contributed by atoms with Crippen molar-refractivity contribution >= 4 is 78.9 Å². The number of nitrogens with one attached hydrogen (secondary N) is 3. The van der Waals surface area contributed by atoms with Crippen LogP contribution in [0.4, 0.5) is 11.4 Å². The molecule has 0 saturated heterocycles. The Morgan fingerprint density at radius 3 is 2.18 bits per heavy atom. The highest BCUT2D eigenvalue weighted by Crippen LogP contribution is 2.35. The van der Waals surface area contributed by atoms with Gasteiger partial charge in [-0.2, -0.15) is 0 Å². The molecule has 0 aliphatic heterocycles. The van der Waals surface area contributed by atoms with E-state index in [-0.39, 0.29) is 64.3 Å². The third-order valence-electron chi connectivity index (χ3n) is 10.8. The molecule has 4 aromatic carbocycles. The summed E-state index contributed by atoms with van der Waals surface area (Å²) in [6, 6.07) is 18.8. The predicted octanol–water partition coefficient (Wildman–Crippen LogP) is 8.16. The molecule has 2 aromatic heterocycles. The molecule has 16 nitrogen and oxygen atoms in total. The number of para-hydroxylation sites is 1. The zero-order valence-corrected chi connectivity index (χ0v) is 39.8. The molecule has 0 bridgehead atoms. The van der Waals surface area contributed by atoms with E-state index >= 15 is 4.79 Å². The number of rotatable bonds is 21. The highest BCUT2D eigenvalue weighted by atomic mass is 35.5. The van der Waals surface area contributed by atoms with Crippen LogP contribution in [-0.2, 0) is 39.1 Å². The van der Waals surface area contributed by atoms with Gasteiger partial charge in [0, 0.05) is 28.5 Å². The molecule has 6 aromatic rings. The first-order valence-electron chi connectivity index (χ1n) is 21.2. The quantitative estimate of drug-likeness (QED) is 0.0510. The van der Waals surface area contributed by atoms with E-state index in [1.54, 1.807) is 61.5 Å². The van der Waals surface area contributed by atoms with Crippen LogP contribution in [0.3, 0.4) is 0 Å². The van der Waals surface area contributed by atoms with Crippen molar-refractivity contribution < 1.29 is 32.6 Å². The Morgan fingerprint density at radius 1 is 0.848 bits per heavy atom.